The number of morpholine rings is 1. The van der Waals surface area contributed by atoms with Crippen LogP contribution in [0.2, 0.25) is 0 Å². The highest BCUT2D eigenvalue weighted by Crippen LogP contribution is 2.46. The zero-order chi connectivity index (χ0) is 28.0. The quantitative estimate of drug-likeness (QED) is 0.354. The van der Waals surface area contributed by atoms with Crippen molar-refractivity contribution in [1.82, 2.24) is 15.7 Å². The number of hydrazone groups is 1. The van der Waals surface area contributed by atoms with Gasteiger partial charge >= 0.3 is 0 Å². The Morgan fingerprint density at radius 2 is 1.85 bits per heavy atom. The molecule has 1 unspecified atom stereocenters. The normalized spacial score (nSPS) is 25.1. The van der Waals surface area contributed by atoms with Crippen LogP contribution in [0.5, 0.6) is 0 Å². The van der Waals surface area contributed by atoms with Gasteiger partial charge in [-0.05, 0) is 25.3 Å². The van der Waals surface area contributed by atoms with Crippen molar-refractivity contribution >= 4 is 39.5 Å². The second kappa shape index (κ2) is 10.2. The maximum Gasteiger partial charge on any atom is 0.264 e. The number of hydrogen-bond donors (Lipinski definition) is 4. The second-order valence-corrected chi connectivity index (χ2v) is 11.7. The fraction of sp³-hybridized carbons (Fsp3) is 0.379. The van der Waals surface area contributed by atoms with Crippen molar-refractivity contribution in [3.63, 3.8) is 0 Å². The molecule has 2 fully saturated rings. The van der Waals surface area contributed by atoms with Crippen molar-refractivity contribution in [3.8, 4) is 0 Å². The summed E-state index contributed by atoms with van der Waals surface area (Å²) >= 11 is 1.48. The molecule has 4 heterocycles. The van der Waals surface area contributed by atoms with E-state index in [2.05, 4.69) is 26.1 Å². The van der Waals surface area contributed by atoms with Crippen LogP contribution in [0.15, 0.2) is 64.7 Å². The zero-order valence-corrected chi connectivity index (χ0v) is 23.4. The number of nitrogens with one attached hydrogen (secondary N) is 3. The van der Waals surface area contributed by atoms with E-state index in [9.17, 15) is 9.90 Å². The summed E-state index contributed by atoms with van der Waals surface area (Å²) < 4.78 is 11.9. The Labute approximate surface area is 241 Å². The molecule has 7 rings (SSSR count). The molecule has 3 aromatic rings. The van der Waals surface area contributed by atoms with Crippen molar-refractivity contribution in [3.05, 3.63) is 76.4 Å². The Morgan fingerprint density at radius 1 is 1.10 bits per heavy atom. The maximum atomic E-state index is 13.4. The third-order valence-electron chi connectivity index (χ3n) is 7.77. The minimum Gasteiger partial charge on any atom is -0.433 e. The van der Waals surface area contributed by atoms with Crippen LogP contribution >= 0.6 is 11.3 Å². The number of thiazole rings is 1. The molecule has 0 radical (unpaired) electrons. The van der Waals surface area contributed by atoms with E-state index in [1.807, 2.05) is 54.6 Å². The van der Waals surface area contributed by atoms with Gasteiger partial charge in [-0.3, -0.25) is 15.2 Å². The molecule has 1 saturated carbocycles. The Balaban J connectivity index is 1.17. The number of carbonyl (C=O) groups is 1. The van der Waals surface area contributed by atoms with Crippen LogP contribution < -0.4 is 21.0 Å². The predicted molar refractivity (Wildman–Crippen MR) is 156 cm³/mol. The molecule has 1 aromatic heterocycles. The van der Waals surface area contributed by atoms with Crippen molar-refractivity contribution in [2.75, 3.05) is 36.5 Å². The molecule has 1 aliphatic carbocycles. The SMILES string of the molecule is CC1(N[C@H]2N=C(c3ccccc3)c3ccccc3NC2=O)NN=C(c2nc(C3(O)CCC3)sc2N2CCOCC2)O1. The van der Waals surface area contributed by atoms with E-state index in [-0.39, 0.29) is 11.8 Å². The number of nitrogens with zero attached hydrogens (tertiary/aromatic N) is 4. The van der Waals surface area contributed by atoms with Crippen molar-refractivity contribution in [2.45, 2.75) is 43.8 Å². The largest absolute Gasteiger partial charge is 0.433 e. The molecule has 41 heavy (non-hydrogen) atoms. The van der Waals surface area contributed by atoms with Crippen molar-refractivity contribution in [1.29, 1.82) is 0 Å². The van der Waals surface area contributed by atoms with E-state index < -0.39 is 17.6 Å². The van der Waals surface area contributed by atoms with Crippen LogP contribution in [0.3, 0.4) is 0 Å². The number of rotatable bonds is 6. The van der Waals surface area contributed by atoms with Gasteiger partial charge in [0.05, 0.1) is 24.6 Å². The Morgan fingerprint density at radius 3 is 2.61 bits per heavy atom. The Hall–Kier alpha value is -3.84. The number of fused-ring (bicyclic) bond motifs is 1. The first-order valence-electron chi connectivity index (χ1n) is 13.8. The molecule has 4 N–H and O–H groups in total. The van der Waals surface area contributed by atoms with Gasteiger partial charge in [0.15, 0.2) is 11.9 Å². The molecule has 2 atom stereocenters. The van der Waals surface area contributed by atoms with E-state index in [4.69, 9.17) is 19.5 Å². The molecule has 3 aliphatic heterocycles. The molecule has 212 valence electrons. The third kappa shape index (κ3) is 4.86. The van der Waals surface area contributed by atoms with Gasteiger partial charge in [0.25, 0.3) is 17.7 Å². The molecule has 12 heteroatoms. The fourth-order valence-electron chi connectivity index (χ4n) is 5.36. The van der Waals surface area contributed by atoms with Gasteiger partial charge < -0.3 is 24.8 Å². The second-order valence-electron chi connectivity index (χ2n) is 10.7. The van der Waals surface area contributed by atoms with Gasteiger partial charge in [-0.25, -0.2) is 10.3 Å². The molecule has 2 aromatic carbocycles. The summed E-state index contributed by atoms with van der Waals surface area (Å²) in [6.45, 7) is 4.41. The molecule has 0 spiro atoms. The Bertz CT molecular complexity index is 1530. The van der Waals surface area contributed by atoms with Crippen LogP contribution in [0.1, 0.15) is 48.0 Å². The fourth-order valence-corrected chi connectivity index (χ4v) is 6.61. The van der Waals surface area contributed by atoms with E-state index >= 15 is 0 Å². The number of hydrogen-bond acceptors (Lipinski definition) is 11. The number of benzodiazepines with no additional fused rings is 1. The highest BCUT2D eigenvalue weighted by molar-refractivity contribution is 7.16. The molecule has 1 amide bonds. The summed E-state index contributed by atoms with van der Waals surface area (Å²) in [6.07, 6.45) is 1.37. The number of anilines is 2. The Kier molecular flexibility index (Phi) is 6.50. The molecule has 0 bridgehead atoms. The highest BCUT2D eigenvalue weighted by Gasteiger charge is 2.44. The lowest BCUT2D eigenvalue weighted by molar-refractivity contribution is -0.120. The number of benzene rings is 2. The standard InChI is InChI=1S/C29H31N7O4S/c1-28(33-23-24(37)30-20-11-6-5-10-19(20)21(31-23)18-8-3-2-4-9-18)35-34-25(40-28)22-26(36-14-16-39-17-15-36)41-27(32-22)29(38)12-7-13-29/h2-6,8-11,23,33,35,38H,7,12-17H2,1H3,(H,30,37)/t23-,28?/m1/s1. The smallest absolute Gasteiger partial charge is 0.264 e. The number of carbonyl (C=O) groups excluding carboxylic acids is 1. The summed E-state index contributed by atoms with van der Waals surface area (Å²) in [5.74, 6) is -1.28. The van der Waals surface area contributed by atoms with Crippen LogP contribution in [0, 0.1) is 0 Å². The van der Waals surface area contributed by atoms with Gasteiger partial charge in [-0.1, -0.05) is 59.9 Å². The van der Waals surface area contributed by atoms with Crippen LogP contribution in [-0.2, 0) is 19.9 Å². The zero-order valence-electron chi connectivity index (χ0n) is 22.6. The number of ether oxygens (including phenoxy) is 2. The van der Waals surface area contributed by atoms with Crippen LogP contribution in [-0.4, -0.2) is 65.9 Å². The summed E-state index contributed by atoms with van der Waals surface area (Å²) in [5.41, 5.74) is 5.77. The number of para-hydroxylation sites is 1. The molecular weight excluding hydrogens is 542 g/mol. The lowest BCUT2D eigenvalue weighted by Crippen LogP contribution is -2.58. The topological polar surface area (TPSA) is 133 Å². The van der Waals surface area contributed by atoms with Gasteiger partial charge in [0.2, 0.25) is 0 Å². The lowest BCUT2D eigenvalue weighted by atomic mass is 9.81. The monoisotopic (exact) mass is 573 g/mol. The average Bonchev–Trinajstić information content (AvgIpc) is 3.56. The number of aliphatic imine (C=N–C) groups is 1. The van der Waals surface area contributed by atoms with E-state index in [1.54, 1.807) is 6.92 Å². The first-order chi connectivity index (χ1) is 19.9. The molecule has 11 nitrogen and oxygen atoms in total. The highest BCUT2D eigenvalue weighted by atomic mass is 32.1. The van der Waals surface area contributed by atoms with E-state index in [1.165, 1.54) is 11.3 Å². The predicted octanol–water partition coefficient (Wildman–Crippen LogP) is 2.71. The van der Waals surface area contributed by atoms with Crippen LogP contribution in [0.4, 0.5) is 10.7 Å². The van der Waals surface area contributed by atoms with Gasteiger partial charge in [-0.15, -0.1) is 5.10 Å². The van der Waals surface area contributed by atoms with Crippen LogP contribution in [0.25, 0.3) is 0 Å². The lowest BCUT2D eigenvalue weighted by Gasteiger charge is -2.34. The van der Waals surface area contributed by atoms with Gasteiger partial charge in [0, 0.05) is 31.1 Å². The van der Waals surface area contributed by atoms with E-state index in [0.29, 0.717) is 61.2 Å². The maximum absolute atomic E-state index is 13.4. The minimum absolute atomic E-state index is 0.288. The number of aliphatic hydroxyl groups is 1. The summed E-state index contributed by atoms with van der Waals surface area (Å²) in [4.78, 5) is 25.3. The summed E-state index contributed by atoms with van der Waals surface area (Å²) in [7, 11) is 0. The number of amides is 1. The van der Waals surface area contributed by atoms with Gasteiger partial charge in [-0.2, -0.15) is 0 Å². The first kappa shape index (κ1) is 26.1. The average molecular weight is 574 g/mol. The summed E-state index contributed by atoms with van der Waals surface area (Å²) in [6, 6.07) is 17.4. The third-order valence-corrected chi connectivity index (χ3v) is 9.08. The van der Waals surface area contributed by atoms with E-state index in [0.717, 1.165) is 22.5 Å². The van der Waals surface area contributed by atoms with Crippen molar-refractivity contribution < 1.29 is 19.4 Å². The molecule has 1 saturated heterocycles. The number of aromatic nitrogens is 1. The molecule has 4 aliphatic rings. The van der Waals surface area contributed by atoms with Gasteiger partial charge in [0.1, 0.15) is 15.6 Å². The minimum atomic E-state index is -1.25. The summed E-state index contributed by atoms with van der Waals surface area (Å²) in [5, 5.41) is 23.3. The molecular formula is C29H31N7O4S. The van der Waals surface area contributed by atoms with Crippen molar-refractivity contribution in [2.24, 2.45) is 10.1 Å². The first-order valence-corrected chi connectivity index (χ1v) is 14.6.